The molecule has 3 N–H and O–H groups in total. The second-order valence-corrected chi connectivity index (χ2v) is 7.48. The van der Waals surface area contributed by atoms with Crippen LogP contribution >= 0.6 is 24.0 Å². The molecule has 1 aliphatic rings. The van der Waals surface area contributed by atoms with Crippen molar-refractivity contribution in [3.63, 3.8) is 0 Å². The Morgan fingerprint density at radius 3 is 2.58 bits per heavy atom. The van der Waals surface area contributed by atoms with Gasteiger partial charge in [0.15, 0.2) is 0 Å². The van der Waals surface area contributed by atoms with Gasteiger partial charge in [0.05, 0.1) is 10.9 Å². The Morgan fingerprint density at radius 1 is 1.33 bits per heavy atom. The lowest BCUT2D eigenvalue weighted by molar-refractivity contribution is -0.122. The van der Waals surface area contributed by atoms with Crippen LogP contribution in [-0.2, 0) is 14.8 Å². The molecule has 0 radical (unpaired) electrons. The number of carbonyl (C=O) groups is 1. The predicted octanol–water partition coefficient (Wildman–Crippen LogP) is 1.46. The molecule has 1 aromatic carbocycles. The molecule has 0 saturated heterocycles. The van der Waals surface area contributed by atoms with Crippen LogP contribution in [0.4, 0.5) is 0 Å². The number of carbonyl (C=O) groups excluding carboxylic acids is 1. The van der Waals surface area contributed by atoms with E-state index in [9.17, 15) is 13.2 Å². The van der Waals surface area contributed by atoms with Crippen molar-refractivity contribution >= 4 is 39.9 Å². The zero-order valence-electron chi connectivity index (χ0n) is 13.2. The van der Waals surface area contributed by atoms with E-state index in [-0.39, 0.29) is 23.2 Å². The molecule has 0 bridgehead atoms. The number of benzene rings is 1. The van der Waals surface area contributed by atoms with Gasteiger partial charge in [-0.1, -0.05) is 23.3 Å². The lowest BCUT2D eigenvalue weighted by Gasteiger charge is -2.17. The lowest BCUT2D eigenvalue weighted by Crippen LogP contribution is -2.45. The fraction of sp³-hybridized carbons (Fsp3) is 0.400. The summed E-state index contributed by atoms with van der Waals surface area (Å²) in [6, 6.07) is 4.91. The molecule has 6 nitrogen and oxygen atoms in total. The minimum absolute atomic E-state index is 0. The first-order valence-corrected chi connectivity index (χ1v) is 9.19. The van der Waals surface area contributed by atoms with Crippen LogP contribution < -0.4 is 15.4 Å². The van der Waals surface area contributed by atoms with E-state index < -0.39 is 16.1 Å². The quantitative estimate of drug-likeness (QED) is 0.638. The van der Waals surface area contributed by atoms with Crippen molar-refractivity contribution in [3.05, 3.63) is 40.9 Å². The van der Waals surface area contributed by atoms with Crippen molar-refractivity contribution in [2.75, 3.05) is 19.6 Å². The number of rotatable bonds is 6. The lowest BCUT2D eigenvalue weighted by atomic mass is 10.1. The molecule has 0 saturated carbocycles. The number of hydrogen-bond donors (Lipinski definition) is 3. The van der Waals surface area contributed by atoms with Crippen LogP contribution in [0.1, 0.15) is 13.3 Å². The van der Waals surface area contributed by atoms with Crippen LogP contribution in [0.2, 0.25) is 5.02 Å². The first kappa shape index (κ1) is 20.9. The number of halogens is 2. The van der Waals surface area contributed by atoms with Crippen LogP contribution in [0, 0.1) is 0 Å². The highest BCUT2D eigenvalue weighted by molar-refractivity contribution is 7.89. The van der Waals surface area contributed by atoms with E-state index in [0.29, 0.717) is 11.6 Å². The van der Waals surface area contributed by atoms with Gasteiger partial charge < -0.3 is 10.6 Å². The van der Waals surface area contributed by atoms with Gasteiger partial charge in [0.1, 0.15) is 0 Å². The van der Waals surface area contributed by atoms with Crippen molar-refractivity contribution in [1.82, 2.24) is 15.4 Å². The molecular formula is C15H21Cl2N3O3S. The van der Waals surface area contributed by atoms with Crippen molar-refractivity contribution < 1.29 is 13.2 Å². The standard InChI is InChI=1S/C15H20ClN3O3S.ClH/c1-11(15(20)18-10-12-6-8-17-9-7-12)19-23(21,22)14-4-2-13(16)3-5-14;/h2-6,11,17,19H,7-10H2,1H3,(H,18,20);1H. The zero-order valence-corrected chi connectivity index (χ0v) is 15.6. The molecular weight excluding hydrogens is 373 g/mol. The number of amides is 1. The van der Waals surface area contributed by atoms with Gasteiger partial charge in [-0.3, -0.25) is 4.79 Å². The minimum atomic E-state index is -3.76. The van der Waals surface area contributed by atoms with Crippen molar-refractivity contribution in [1.29, 1.82) is 0 Å². The summed E-state index contributed by atoms with van der Waals surface area (Å²) in [7, 11) is -3.76. The van der Waals surface area contributed by atoms with E-state index in [1.165, 1.54) is 31.2 Å². The molecule has 0 aromatic heterocycles. The smallest absolute Gasteiger partial charge is 0.241 e. The summed E-state index contributed by atoms with van der Waals surface area (Å²) < 4.78 is 26.8. The average Bonchev–Trinajstić information content (AvgIpc) is 2.53. The van der Waals surface area contributed by atoms with E-state index in [1.54, 1.807) is 0 Å². The zero-order chi connectivity index (χ0) is 16.9. The molecule has 0 aliphatic carbocycles. The fourth-order valence-electron chi connectivity index (χ4n) is 2.15. The molecule has 1 aromatic rings. The van der Waals surface area contributed by atoms with E-state index in [4.69, 9.17) is 11.6 Å². The maximum atomic E-state index is 12.2. The first-order chi connectivity index (χ1) is 10.9. The van der Waals surface area contributed by atoms with Gasteiger partial charge in [0, 0.05) is 18.1 Å². The third kappa shape index (κ3) is 6.07. The number of sulfonamides is 1. The van der Waals surface area contributed by atoms with E-state index in [1.807, 2.05) is 6.08 Å². The van der Waals surface area contributed by atoms with E-state index >= 15 is 0 Å². The van der Waals surface area contributed by atoms with Crippen LogP contribution in [0.25, 0.3) is 0 Å². The van der Waals surface area contributed by atoms with Gasteiger partial charge in [-0.05, 0) is 44.2 Å². The molecule has 1 heterocycles. The summed E-state index contributed by atoms with van der Waals surface area (Å²) in [6.45, 7) is 3.64. The Morgan fingerprint density at radius 2 is 2.00 bits per heavy atom. The Hall–Kier alpha value is -1.12. The van der Waals surface area contributed by atoms with Crippen molar-refractivity contribution in [2.24, 2.45) is 0 Å². The fourth-order valence-corrected chi connectivity index (χ4v) is 3.48. The van der Waals surface area contributed by atoms with Crippen LogP contribution in [-0.4, -0.2) is 40.0 Å². The summed E-state index contributed by atoms with van der Waals surface area (Å²) in [6.07, 6.45) is 2.91. The Labute approximate surface area is 153 Å². The second-order valence-electron chi connectivity index (χ2n) is 5.33. The summed E-state index contributed by atoms with van der Waals surface area (Å²) in [5, 5.41) is 6.39. The topological polar surface area (TPSA) is 87.3 Å². The molecule has 1 aliphatic heterocycles. The largest absolute Gasteiger partial charge is 0.351 e. The highest BCUT2D eigenvalue weighted by Crippen LogP contribution is 2.14. The molecule has 1 unspecified atom stereocenters. The third-order valence-corrected chi connectivity index (χ3v) is 5.31. The average molecular weight is 394 g/mol. The molecule has 2 rings (SSSR count). The summed E-state index contributed by atoms with van der Waals surface area (Å²) in [5.41, 5.74) is 1.14. The van der Waals surface area contributed by atoms with Gasteiger partial charge in [-0.25, -0.2) is 8.42 Å². The molecule has 24 heavy (non-hydrogen) atoms. The molecule has 1 atom stereocenters. The Kier molecular flexibility index (Phi) is 8.18. The van der Waals surface area contributed by atoms with E-state index in [2.05, 4.69) is 15.4 Å². The summed E-state index contributed by atoms with van der Waals surface area (Å²) in [5.74, 6) is -0.359. The Bertz CT molecular complexity index is 690. The van der Waals surface area contributed by atoms with Crippen LogP contribution in [0.15, 0.2) is 40.8 Å². The van der Waals surface area contributed by atoms with Crippen molar-refractivity contribution in [2.45, 2.75) is 24.3 Å². The van der Waals surface area contributed by atoms with Gasteiger partial charge in [-0.2, -0.15) is 4.72 Å². The monoisotopic (exact) mass is 393 g/mol. The highest BCUT2D eigenvalue weighted by Gasteiger charge is 2.22. The highest BCUT2D eigenvalue weighted by atomic mass is 35.5. The van der Waals surface area contributed by atoms with Crippen LogP contribution in [0.5, 0.6) is 0 Å². The van der Waals surface area contributed by atoms with E-state index in [0.717, 1.165) is 25.1 Å². The predicted molar refractivity (Wildman–Crippen MR) is 97.1 cm³/mol. The first-order valence-electron chi connectivity index (χ1n) is 7.33. The second kappa shape index (κ2) is 9.39. The Balaban J connectivity index is 0.00000288. The minimum Gasteiger partial charge on any atom is -0.351 e. The van der Waals surface area contributed by atoms with Gasteiger partial charge in [0.25, 0.3) is 0 Å². The van der Waals surface area contributed by atoms with Gasteiger partial charge >= 0.3 is 0 Å². The molecule has 0 fully saturated rings. The third-order valence-electron chi connectivity index (χ3n) is 3.50. The summed E-state index contributed by atoms with van der Waals surface area (Å²) >= 11 is 5.74. The normalized spacial score (nSPS) is 15.8. The van der Waals surface area contributed by atoms with Crippen LogP contribution in [0.3, 0.4) is 0 Å². The molecule has 0 spiro atoms. The van der Waals surface area contributed by atoms with Gasteiger partial charge in [-0.15, -0.1) is 12.4 Å². The number of hydrogen-bond acceptors (Lipinski definition) is 4. The number of nitrogens with one attached hydrogen (secondary N) is 3. The van der Waals surface area contributed by atoms with Gasteiger partial charge in [0.2, 0.25) is 15.9 Å². The SMILES string of the molecule is CC(NS(=O)(=O)c1ccc(Cl)cc1)C(=O)NCC1=CCNCC1.Cl. The molecule has 134 valence electrons. The molecule has 9 heteroatoms. The maximum Gasteiger partial charge on any atom is 0.241 e. The maximum absolute atomic E-state index is 12.2. The summed E-state index contributed by atoms with van der Waals surface area (Å²) in [4.78, 5) is 12.1. The van der Waals surface area contributed by atoms with Crippen molar-refractivity contribution in [3.8, 4) is 0 Å². The molecule has 1 amide bonds.